The lowest BCUT2D eigenvalue weighted by Crippen LogP contribution is -2.42. The fourth-order valence-corrected chi connectivity index (χ4v) is 4.29. The van der Waals surface area contributed by atoms with Gasteiger partial charge in [0.2, 0.25) is 15.9 Å². The molecule has 8 heteroatoms. The van der Waals surface area contributed by atoms with Crippen molar-refractivity contribution in [1.82, 2.24) is 4.90 Å². The predicted molar refractivity (Wildman–Crippen MR) is 113 cm³/mol. The number of rotatable bonds is 6. The minimum absolute atomic E-state index is 0.0255. The van der Waals surface area contributed by atoms with E-state index in [0.717, 1.165) is 22.6 Å². The number of hydrogen-bond donors (Lipinski definition) is 1. The van der Waals surface area contributed by atoms with E-state index >= 15 is 0 Å². The molecule has 0 aliphatic carbocycles. The summed E-state index contributed by atoms with van der Waals surface area (Å²) in [5.41, 5.74) is 2.66. The Morgan fingerprint density at radius 1 is 1.28 bits per heavy atom. The van der Waals surface area contributed by atoms with Crippen LogP contribution in [0.1, 0.15) is 31.0 Å². The molecule has 0 radical (unpaired) electrons. The van der Waals surface area contributed by atoms with Crippen LogP contribution >= 0.6 is 0 Å². The van der Waals surface area contributed by atoms with Crippen molar-refractivity contribution >= 4 is 21.6 Å². The van der Waals surface area contributed by atoms with Crippen molar-refractivity contribution in [1.29, 1.82) is 0 Å². The Bertz CT molecular complexity index is 1010. The van der Waals surface area contributed by atoms with E-state index in [0.29, 0.717) is 6.42 Å². The highest BCUT2D eigenvalue weighted by molar-refractivity contribution is 7.89. The first kappa shape index (κ1) is 21.3. The second-order valence-corrected chi connectivity index (χ2v) is 9.08. The van der Waals surface area contributed by atoms with E-state index in [-0.39, 0.29) is 29.4 Å². The number of benzene rings is 2. The number of fused-ring (bicyclic) bond motifs is 1. The molecule has 7 nitrogen and oxygen atoms in total. The van der Waals surface area contributed by atoms with Crippen molar-refractivity contribution in [3.05, 3.63) is 53.6 Å². The van der Waals surface area contributed by atoms with Gasteiger partial charge in [-0.15, -0.1) is 0 Å². The molecule has 2 N–H and O–H groups in total. The summed E-state index contributed by atoms with van der Waals surface area (Å²) < 4.78 is 28.4. The summed E-state index contributed by atoms with van der Waals surface area (Å²) in [7, 11) is -0.222. The van der Waals surface area contributed by atoms with Crippen LogP contribution in [0.3, 0.4) is 0 Å². The zero-order chi connectivity index (χ0) is 21.3. The first-order valence-electron chi connectivity index (χ1n) is 9.43. The van der Waals surface area contributed by atoms with Gasteiger partial charge in [-0.3, -0.25) is 9.69 Å². The Morgan fingerprint density at radius 2 is 1.93 bits per heavy atom. The smallest absolute Gasteiger partial charge is 0.241 e. The molecule has 0 aromatic heterocycles. The Hall–Kier alpha value is -2.42. The van der Waals surface area contributed by atoms with Crippen molar-refractivity contribution in [2.45, 2.75) is 37.2 Å². The van der Waals surface area contributed by atoms with Crippen LogP contribution < -0.4 is 14.8 Å². The molecule has 0 bridgehead atoms. The number of amides is 1. The predicted octanol–water partition coefficient (Wildman–Crippen LogP) is 2.31. The van der Waals surface area contributed by atoms with Crippen LogP contribution in [-0.4, -0.2) is 46.0 Å². The second kappa shape index (κ2) is 8.14. The van der Waals surface area contributed by atoms with E-state index in [2.05, 4.69) is 6.92 Å². The average Bonchev–Trinajstić information content (AvgIpc) is 3.01. The average molecular weight is 418 g/mol. The fourth-order valence-electron chi connectivity index (χ4n) is 3.73. The SMILES string of the molecule is COc1ccc([C@@H](C)N(C)CC(=O)N2c3ccc(S(N)(=O)=O)cc3C[C@H]2C)cc1. The molecule has 2 aromatic rings. The molecule has 0 unspecified atom stereocenters. The topological polar surface area (TPSA) is 92.9 Å². The summed E-state index contributed by atoms with van der Waals surface area (Å²) in [4.78, 5) is 16.9. The summed E-state index contributed by atoms with van der Waals surface area (Å²) in [6.45, 7) is 4.25. The van der Waals surface area contributed by atoms with Crippen molar-refractivity contribution < 1.29 is 17.9 Å². The Kier molecular flexibility index (Phi) is 5.97. The van der Waals surface area contributed by atoms with Crippen molar-refractivity contribution in [2.75, 3.05) is 25.6 Å². The van der Waals surface area contributed by atoms with Crippen LogP contribution in [0.5, 0.6) is 5.75 Å². The van der Waals surface area contributed by atoms with Gasteiger partial charge >= 0.3 is 0 Å². The van der Waals surface area contributed by atoms with Crippen LogP contribution in [0.4, 0.5) is 5.69 Å². The van der Waals surface area contributed by atoms with E-state index in [1.54, 1.807) is 24.1 Å². The van der Waals surface area contributed by atoms with Gasteiger partial charge in [-0.25, -0.2) is 13.6 Å². The maximum atomic E-state index is 13.1. The number of ether oxygens (including phenoxy) is 1. The maximum Gasteiger partial charge on any atom is 0.241 e. The lowest BCUT2D eigenvalue weighted by Gasteiger charge is -2.29. The number of hydrogen-bond acceptors (Lipinski definition) is 5. The lowest BCUT2D eigenvalue weighted by molar-refractivity contribution is -0.120. The van der Waals surface area contributed by atoms with Gasteiger partial charge in [-0.1, -0.05) is 12.1 Å². The van der Waals surface area contributed by atoms with Crippen molar-refractivity contribution in [2.24, 2.45) is 5.14 Å². The van der Waals surface area contributed by atoms with Crippen LogP contribution in [0, 0.1) is 0 Å². The maximum absolute atomic E-state index is 13.1. The van der Waals surface area contributed by atoms with E-state index in [4.69, 9.17) is 9.88 Å². The van der Waals surface area contributed by atoms with Crippen LogP contribution in [0.2, 0.25) is 0 Å². The van der Waals surface area contributed by atoms with Gasteiger partial charge in [-0.05, 0) is 68.8 Å². The number of methoxy groups -OCH3 is 1. The lowest BCUT2D eigenvalue weighted by atomic mass is 10.1. The number of nitrogens with zero attached hydrogens (tertiary/aromatic N) is 2. The third-order valence-electron chi connectivity index (χ3n) is 5.51. The van der Waals surface area contributed by atoms with E-state index in [9.17, 15) is 13.2 Å². The minimum Gasteiger partial charge on any atom is -0.497 e. The van der Waals surface area contributed by atoms with E-state index in [1.807, 2.05) is 43.1 Å². The number of likely N-dealkylation sites (N-methyl/N-ethyl adjacent to an activating group) is 1. The van der Waals surface area contributed by atoms with Crippen LogP contribution in [-0.2, 0) is 21.2 Å². The Labute approximate surface area is 172 Å². The van der Waals surface area contributed by atoms with Gasteiger partial charge in [0.15, 0.2) is 0 Å². The molecular formula is C21H27N3O4S. The summed E-state index contributed by atoms with van der Waals surface area (Å²) in [5, 5.41) is 5.23. The summed E-state index contributed by atoms with van der Waals surface area (Å²) in [6.07, 6.45) is 0.599. The molecule has 0 saturated carbocycles. The van der Waals surface area contributed by atoms with Gasteiger partial charge in [0.05, 0.1) is 18.6 Å². The number of primary sulfonamides is 1. The second-order valence-electron chi connectivity index (χ2n) is 7.52. The number of carbonyl (C=O) groups is 1. The zero-order valence-electron chi connectivity index (χ0n) is 17.1. The highest BCUT2D eigenvalue weighted by atomic mass is 32.2. The molecule has 156 valence electrons. The van der Waals surface area contributed by atoms with E-state index in [1.165, 1.54) is 6.07 Å². The first-order chi connectivity index (χ1) is 13.6. The summed E-state index contributed by atoms with van der Waals surface area (Å²) in [6, 6.07) is 12.5. The minimum atomic E-state index is -3.77. The number of nitrogens with two attached hydrogens (primary N) is 1. The Balaban J connectivity index is 1.75. The van der Waals surface area contributed by atoms with Gasteiger partial charge < -0.3 is 9.64 Å². The van der Waals surface area contributed by atoms with Gasteiger partial charge in [-0.2, -0.15) is 0 Å². The quantitative estimate of drug-likeness (QED) is 0.779. The van der Waals surface area contributed by atoms with Gasteiger partial charge in [0.1, 0.15) is 5.75 Å². The van der Waals surface area contributed by atoms with Gasteiger partial charge in [0.25, 0.3) is 0 Å². The molecule has 0 saturated heterocycles. The third kappa shape index (κ3) is 4.44. The molecule has 1 heterocycles. The molecule has 0 spiro atoms. The van der Waals surface area contributed by atoms with Crippen molar-refractivity contribution in [3.8, 4) is 5.75 Å². The molecule has 2 aromatic carbocycles. The molecule has 1 amide bonds. The molecule has 2 atom stereocenters. The highest BCUT2D eigenvalue weighted by Gasteiger charge is 2.32. The third-order valence-corrected chi connectivity index (χ3v) is 6.42. The highest BCUT2D eigenvalue weighted by Crippen LogP contribution is 2.34. The summed E-state index contributed by atoms with van der Waals surface area (Å²) in [5.74, 6) is 0.767. The molecular weight excluding hydrogens is 390 g/mol. The van der Waals surface area contributed by atoms with Crippen molar-refractivity contribution in [3.63, 3.8) is 0 Å². The largest absolute Gasteiger partial charge is 0.497 e. The number of anilines is 1. The molecule has 29 heavy (non-hydrogen) atoms. The Morgan fingerprint density at radius 3 is 2.52 bits per heavy atom. The molecule has 1 aliphatic rings. The van der Waals surface area contributed by atoms with Crippen LogP contribution in [0.15, 0.2) is 47.4 Å². The molecule has 0 fully saturated rings. The monoisotopic (exact) mass is 417 g/mol. The zero-order valence-corrected chi connectivity index (χ0v) is 17.9. The van der Waals surface area contributed by atoms with Gasteiger partial charge in [0, 0.05) is 17.8 Å². The normalized spacial score (nSPS) is 17.3. The first-order valence-corrected chi connectivity index (χ1v) is 11.0. The van der Waals surface area contributed by atoms with Crippen LogP contribution in [0.25, 0.3) is 0 Å². The molecule has 1 aliphatic heterocycles. The number of carbonyl (C=O) groups excluding carboxylic acids is 1. The fraction of sp³-hybridized carbons (Fsp3) is 0.381. The number of sulfonamides is 1. The van der Waals surface area contributed by atoms with E-state index < -0.39 is 10.0 Å². The molecule has 3 rings (SSSR count). The summed E-state index contributed by atoms with van der Waals surface area (Å²) >= 11 is 0. The standard InChI is InChI=1S/C21H27N3O4S/c1-14-11-17-12-19(29(22,26)27)9-10-20(17)24(14)21(25)13-23(3)15(2)16-5-7-18(28-4)8-6-16/h5-10,12,14-15H,11,13H2,1-4H3,(H2,22,26,27)/t14-,15-/m1/s1.